The van der Waals surface area contributed by atoms with E-state index in [1.54, 1.807) is 36.9 Å². The molecule has 1 aromatic rings. The van der Waals surface area contributed by atoms with Gasteiger partial charge in [-0.2, -0.15) is 0 Å². The Bertz CT molecular complexity index is 642. The Labute approximate surface area is 153 Å². The van der Waals surface area contributed by atoms with E-state index in [1.807, 2.05) is 18.5 Å². The normalized spacial score (nSPS) is 20.1. The molecule has 136 valence electrons. The molecule has 0 saturated carbocycles. The van der Waals surface area contributed by atoms with Gasteiger partial charge in [0.2, 0.25) is 0 Å². The Morgan fingerprint density at radius 1 is 1.54 bits per heavy atom. The van der Waals surface area contributed by atoms with Gasteiger partial charge in [-0.15, -0.1) is 11.3 Å². The predicted molar refractivity (Wildman–Crippen MR) is 103 cm³/mol. The largest absolute Gasteiger partial charge is 0.357 e. The monoisotopic (exact) mass is 390 g/mol. The summed E-state index contributed by atoms with van der Waals surface area (Å²) in [7, 11) is -3.03. The molecule has 1 saturated heterocycles. The van der Waals surface area contributed by atoms with E-state index in [2.05, 4.69) is 20.2 Å². The molecule has 0 aliphatic carbocycles. The number of hydrogen-bond acceptors (Lipinski definition) is 6. The molecule has 1 fully saturated rings. The Morgan fingerprint density at radius 2 is 2.33 bits per heavy atom. The molecule has 0 spiro atoms. The average molecular weight is 391 g/mol. The molecule has 9 heteroatoms. The van der Waals surface area contributed by atoms with Crippen molar-refractivity contribution < 1.29 is 8.42 Å². The van der Waals surface area contributed by atoms with Crippen LogP contribution >= 0.6 is 23.1 Å². The van der Waals surface area contributed by atoms with Gasteiger partial charge in [0.05, 0.1) is 10.5 Å². The van der Waals surface area contributed by atoms with Crippen LogP contribution in [0.2, 0.25) is 0 Å². The van der Waals surface area contributed by atoms with Gasteiger partial charge in [0.25, 0.3) is 0 Å². The predicted octanol–water partition coefficient (Wildman–Crippen LogP) is 2.10. The molecule has 0 aromatic carbocycles. The first kappa shape index (κ1) is 19.5. The summed E-state index contributed by atoms with van der Waals surface area (Å²) in [4.78, 5) is 11.0. The number of thiazole rings is 1. The van der Waals surface area contributed by atoms with Crippen molar-refractivity contribution in [2.45, 2.75) is 36.3 Å². The van der Waals surface area contributed by atoms with Crippen LogP contribution in [0.5, 0.6) is 0 Å². The van der Waals surface area contributed by atoms with Crippen molar-refractivity contribution in [2.75, 3.05) is 37.7 Å². The lowest BCUT2D eigenvalue weighted by molar-refractivity contribution is 0.353. The second kappa shape index (κ2) is 8.53. The fraction of sp³-hybridized carbons (Fsp3) is 0.733. The zero-order chi connectivity index (χ0) is 17.6. The highest BCUT2D eigenvalue weighted by Crippen LogP contribution is 2.24. The Hall–Kier alpha value is -0.800. The summed E-state index contributed by atoms with van der Waals surface area (Å²) < 4.78 is 24.7. The van der Waals surface area contributed by atoms with E-state index in [0.29, 0.717) is 13.1 Å². The minimum absolute atomic E-state index is 0.185. The average Bonchev–Trinajstić information content (AvgIpc) is 3.02. The van der Waals surface area contributed by atoms with Crippen LogP contribution in [0.15, 0.2) is 20.9 Å². The summed E-state index contributed by atoms with van der Waals surface area (Å²) in [6.07, 6.45) is 2.79. The van der Waals surface area contributed by atoms with Gasteiger partial charge in [-0.1, -0.05) is 11.8 Å². The van der Waals surface area contributed by atoms with Crippen molar-refractivity contribution in [3.8, 4) is 0 Å². The molecule has 0 unspecified atom stereocenters. The summed E-state index contributed by atoms with van der Waals surface area (Å²) in [5.74, 6) is 1.99. The number of nitrogens with zero attached hydrogens (tertiary/aromatic N) is 3. The molecule has 0 radical (unpaired) electrons. The highest BCUT2D eigenvalue weighted by molar-refractivity contribution is 8.01. The highest BCUT2D eigenvalue weighted by Gasteiger charge is 2.40. The summed E-state index contributed by atoms with van der Waals surface area (Å²) in [6.45, 7) is 8.10. The molecule has 1 N–H and O–H groups in total. The lowest BCUT2D eigenvalue weighted by atomic mass is 10.2. The number of rotatable bonds is 6. The van der Waals surface area contributed by atoms with Crippen LogP contribution in [0.1, 0.15) is 27.2 Å². The quantitative estimate of drug-likeness (QED) is 0.347. The summed E-state index contributed by atoms with van der Waals surface area (Å²) >= 11 is 3.41. The third-order valence-corrected chi connectivity index (χ3v) is 8.46. The van der Waals surface area contributed by atoms with Crippen LogP contribution in [0.25, 0.3) is 0 Å². The third-order valence-electron chi connectivity index (χ3n) is 3.88. The SMILES string of the molecule is CCNC(=NCCCSc1nccs1)N1CCS(=O)(=O)C(C)(C)C1. The number of aromatic nitrogens is 1. The van der Waals surface area contributed by atoms with Gasteiger partial charge in [0, 0.05) is 43.5 Å². The first-order chi connectivity index (χ1) is 11.4. The summed E-state index contributed by atoms with van der Waals surface area (Å²) in [6, 6.07) is 0. The van der Waals surface area contributed by atoms with Crippen molar-refractivity contribution in [1.82, 2.24) is 15.2 Å². The number of hydrogen-bond donors (Lipinski definition) is 1. The lowest BCUT2D eigenvalue weighted by Crippen LogP contribution is -2.57. The number of sulfone groups is 1. The van der Waals surface area contributed by atoms with Gasteiger partial charge in [-0.3, -0.25) is 4.99 Å². The molecule has 0 bridgehead atoms. The lowest BCUT2D eigenvalue weighted by Gasteiger charge is -2.39. The number of guanidine groups is 1. The molecule has 0 amide bonds. The smallest absolute Gasteiger partial charge is 0.193 e. The standard InChI is InChI=1S/C15H26N4O2S3/c1-4-16-13(17-6-5-9-22-14-18-7-10-23-14)19-8-11-24(20,21)15(2,3)12-19/h7,10H,4-6,8-9,11-12H2,1-3H3,(H,16,17). The number of nitrogens with one attached hydrogen (secondary N) is 1. The minimum atomic E-state index is -3.03. The fourth-order valence-corrected chi connectivity index (χ4v) is 5.44. The summed E-state index contributed by atoms with van der Waals surface area (Å²) in [5, 5.41) is 5.27. The van der Waals surface area contributed by atoms with Crippen molar-refractivity contribution in [2.24, 2.45) is 4.99 Å². The van der Waals surface area contributed by atoms with Gasteiger partial charge in [-0.05, 0) is 27.2 Å². The molecule has 1 aliphatic heterocycles. The number of aliphatic imine (C=N–C) groups is 1. The molecule has 2 rings (SSSR count). The molecule has 24 heavy (non-hydrogen) atoms. The van der Waals surface area contributed by atoms with E-state index >= 15 is 0 Å². The first-order valence-corrected chi connectivity index (χ1v) is 11.7. The van der Waals surface area contributed by atoms with Crippen LogP contribution in [0.4, 0.5) is 0 Å². The molecular weight excluding hydrogens is 364 g/mol. The van der Waals surface area contributed by atoms with Crippen molar-refractivity contribution in [1.29, 1.82) is 0 Å². The molecule has 6 nitrogen and oxygen atoms in total. The van der Waals surface area contributed by atoms with Crippen molar-refractivity contribution >= 4 is 38.9 Å². The first-order valence-electron chi connectivity index (χ1n) is 8.13. The Balaban J connectivity index is 1.88. The second-order valence-corrected chi connectivity index (χ2v) is 11.2. The maximum Gasteiger partial charge on any atom is 0.193 e. The van der Waals surface area contributed by atoms with Gasteiger partial charge in [0.1, 0.15) is 4.34 Å². The zero-order valence-electron chi connectivity index (χ0n) is 14.5. The molecule has 2 heterocycles. The van der Waals surface area contributed by atoms with Crippen LogP contribution in [0, 0.1) is 0 Å². The fourth-order valence-electron chi connectivity index (χ4n) is 2.44. The topological polar surface area (TPSA) is 74.7 Å². The van der Waals surface area contributed by atoms with E-state index in [9.17, 15) is 8.42 Å². The van der Waals surface area contributed by atoms with Gasteiger partial charge in [0.15, 0.2) is 15.8 Å². The van der Waals surface area contributed by atoms with E-state index in [0.717, 1.165) is 35.6 Å². The maximum atomic E-state index is 12.1. The second-order valence-electron chi connectivity index (χ2n) is 6.24. The summed E-state index contributed by atoms with van der Waals surface area (Å²) in [5.41, 5.74) is 0. The van der Waals surface area contributed by atoms with E-state index in [4.69, 9.17) is 0 Å². The van der Waals surface area contributed by atoms with E-state index in [1.165, 1.54) is 0 Å². The van der Waals surface area contributed by atoms with Crippen molar-refractivity contribution in [3.63, 3.8) is 0 Å². The Morgan fingerprint density at radius 3 is 2.96 bits per heavy atom. The molecule has 0 atom stereocenters. The van der Waals surface area contributed by atoms with Gasteiger partial charge >= 0.3 is 0 Å². The van der Waals surface area contributed by atoms with Gasteiger partial charge < -0.3 is 10.2 Å². The molecule has 1 aromatic heterocycles. The van der Waals surface area contributed by atoms with Crippen LogP contribution < -0.4 is 5.32 Å². The minimum Gasteiger partial charge on any atom is -0.357 e. The van der Waals surface area contributed by atoms with Crippen molar-refractivity contribution in [3.05, 3.63) is 11.6 Å². The third kappa shape index (κ3) is 5.10. The molecule has 1 aliphatic rings. The van der Waals surface area contributed by atoms with Crippen LogP contribution in [-0.4, -0.2) is 66.7 Å². The highest BCUT2D eigenvalue weighted by atomic mass is 32.2. The van der Waals surface area contributed by atoms with Crippen LogP contribution in [0.3, 0.4) is 0 Å². The van der Waals surface area contributed by atoms with Crippen LogP contribution in [-0.2, 0) is 9.84 Å². The maximum absolute atomic E-state index is 12.1. The van der Waals surface area contributed by atoms with E-state index in [-0.39, 0.29) is 5.75 Å². The zero-order valence-corrected chi connectivity index (χ0v) is 16.9. The molecular formula is C15H26N4O2S3. The number of thioether (sulfide) groups is 1. The van der Waals surface area contributed by atoms with E-state index < -0.39 is 14.6 Å². The van der Waals surface area contributed by atoms with Gasteiger partial charge in [-0.25, -0.2) is 13.4 Å². The Kier molecular flexibility index (Phi) is 6.94.